The van der Waals surface area contributed by atoms with Gasteiger partial charge in [0, 0.05) is 42.7 Å². The molecular weight excluding hydrogens is 338 g/mol. The average Bonchev–Trinajstić information content (AvgIpc) is 2.86. The summed E-state index contributed by atoms with van der Waals surface area (Å²) in [5, 5.41) is 15.7. The maximum Gasteiger partial charge on any atom is 0.254 e. The Kier molecular flexibility index (Phi) is 4.77. The van der Waals surface area contributed by atoms with Gasteiger partial charge in [0.05, 0.1) is 6.54 Å². The van der Waals surface area contributed by atoms with E-state index in [1.165, 1.54) is 22.2 Å². The first-order valence-corrected chi connectivity index (χ1v) is 10.2. The Labute approximate surface area is 161 Å². The molecule has 27 heavy (non-hydrogen) atoms. The second-order valence-corrected chi connectivity index (χ2v) is 8.43. The minimum Gasteiger partial charge on any atom is -0.378 e. The van der Waals surface area contributed by atoms with E-state index in [0.717, 1.165) is 44.3 Å². The number of rotatable bonds is 5. The third-order valence-electron chi connectivity index (χ3n) is 6.51. The average molecular weight is 370 g/mol. The van der Waals surface area contributed by atoms with E-state index >= 15 is 0 Å². The van der Waals surface area contributed by atoms with Gasteiger partial charge in [0.2, 0.25) is 0 Å². The van der Waals surface area contributed by atoms with Crippen LogP contribution in [-0.2, 0) is 24.3 Å². The Hall–Kier alpha value is -1.85. The number of benzene rings is 1. The highest BCUT2D eigenvalue weighted by molar-refractivity contribution is 5.88. The lowest BCUT2D eigenvalue weighted by atomic mass is 9.72. The predicted octanol–water partition coefficient (Wildman–Crippen LogP) is 2.60. The van der Waals surface area contributed by atoms with Crippen LogP contribution in [0.2, 0.25) is 0 Å². The molecule has 0 spiro atoms. The van der Waals surface area contributed by atoms with Gasteiger partial charge in [-0.25, -0.2) is 0 Å². The third kappa shape index (κ3) is 3.07. The Morgan fingerprint density at radius 2 is 2.15 bits per heavy atom. The highest BCUT2D eigenvalue weighted by atomic mass is 16.3. The smallest absolute Gasteiger partial charge is 0.254 e. The number of amides is 1. The first-order valence-electron chi connectivity index (χ1n) is 10.2. The molecule has 1 atom stereocenters. The number of aryl methyl sites for hydroxylation is 1. The van der Waals surface area contributed by atoms with Crippen LogP contribution in [0, 0.1) is 12.8 Å². The zero-order chi connectivity index (χ0) is 19.2. The minimum absolute atomic E-state index is 0.0499. The lowest BCUT2D eigenvalue weighted by molar-refractivity contribution is -0.152. The van der Waals surface area contributed by atoms with Gasteiger partial charge in [0.15, 0.2) is 5.60 Å². The molecule has 2 heterocycles. The SMILES string of the molecule is CCNC(=O)C(O)(Cn1c2c(c3cc(C)ccc31)CN(C)CC2)C1CCC1. The summed E-state index contributed by atoms with van der Waals surface area (Å²) in [5.41, 5.74) is 3.70. The van der Waals surface area contributed by atoms with E-state index in [2.05, 4.69) is 47.0 Å². The standard InChI is InChI=1S/C22H31N3O2/c1-4-23-21(26)22(27,16-6-5-7-16)14-25-19-9-8-15(2)12-17(19)18-13-24(3)11-10-20(18)25/h8-9,12,16,27H,4-7,10-11,13-14H2,1-3H3,(H,23,26). The summed E-state index contributed by atoms with van der Waals surface area (Å²) in [6, 6.07) is 6.53. The van der Waals surface area contributed by atoms with Crippen LogP contribution in [0.25, 0.3) is 10.9 Å². The first-order chi connectivity index (χ1) is 12.9. The van der Waals surface area contributed by atoms with Crippen molar-refractivity contribution in [2.75, 3.05) is 20.1 Å². The Morgan fingerprint density at radius 1 is 1.37 bits per heavy atom. The number of carbonyl (C=O) groups excluding carboxylic acids is 1. The fourth-order valence-electron chi connectivity index (χ4n) is 4.71. The van der Waals surface area contributed by atoms with Crippen LogP contribution in [0.1, 0.15) is 43.0 Å². The second kappa shape index (κ2) is 6.95. The number of fused-ring (bicyclic) bond motifs is 3. The molecule has 0 saturated heterocycles. The van der Waals surface area contributed by atoms with Gasteiger partial charge in [-0.3, -0.25) is 4.79 Å². The summed E-state index contributed by atoms with van der Waals surface area (Å²) in [6.45, 7) is 6.85. The molecule has 1 aromatic heterocycles. The molecule has 1 unspecified atom stereocenters. The van der Waals surface area contributed by atoms with Crippen molar-refractivity contribution in [1.82, 2.24) is 14.8 Å². The summed E-state index contributed by atoms with van der Waals surface area (Å²) in [4.78, 5) is 15.2. The van der Waals surface area contributed by atoms with Gasteiger partial charge in [-0.2, -0.15) is 0 Å². The van der Waals surface area contributed by atoms with Crippen molar-refractivity contribution in [3.8, 4) is 0 Å². The molecule has 0 bridgehead atoms. The number of likely N-dealkylation sites (N-methyl/N-ethyl adjacent to an activating group) is 2. The van der Waals surface area contributed by atoms with Gasteiger partial charge in [0.25, 0.3) is 5.91 Å². The summed E-state index contributed by atoms with van der Waals surface area (Å²) in [6.07, 6.45) is 3.91. The fraction of sp³-hybridized carbons (Fsp3) is 0.591. The van der Waals surface area contributed by atoms with Crippen LogP contribution in [0.5, 0.6) is 0 Å². The van der Waals surface area contributed by atoms with E-state index in [0.29, 0.717) is 13.1 Å². The molecule has 1 saturated carbocycles. The van der Waals surface area contributed by atoms with Crippen molar-refractivity contribution < 1.29 is 9.90 Å². The van der Waals surface area contributed by atoms with E-state index in [1.807, 2.05) is 6.92 Å². The summed E-state index contributed by atoms with van der Waals surface area (Å²) in [7, 11) is 2.15. The van der Waals surface area contributed by atoms with Crippen molar-refractivity contribution in [2.24, 2.45) is 5.92 Å². The van der Waals surface area contributed by atoms with E-state index in [4.69, 9.17) is 0 Å². The number of aromatic nitrogens is 1. The highest BCUT2D eigenvalue weighted by Crippen LogP contribution is 2.40. The largest absolute Gasteiger partial charge is 0.378 e. The van der Waals surface area contributed by atoms with Crippen LogP contribution in [0.3, 0.4) is 0 Å². The van der Waals surface area contributed by atoms with Gasteiger partial charge < -0.3 is 19.9 Å². The number of nitrogens with zero attached hydrogens (tertiary/aromatic N) is 2. The van der Waals surface area contributed by atoms with E-state index < -0.39 is 5.60 Å². The number of hydrogen-bond acceptors (Lipinski definition) is 3. The van der Waals surface area contributed by atoms with Crippen molar-refractivity contribution in [1.29, 1.82) is 0 Å². The van der Waals surface area contributed by atoms with Crippen molar-refractivity contribution in [3.05, 3.63) is 35.0 Å². The maximum atomic E-state index is 12.9. The van der Waals surface area contributed by atoms with E-state index in [1.54, 1.807) is 0 Å². The molecule has 146 valence electrons. The Bertz CT molecular complexity index is 868. The molecule has 0 radical (unpaired) electrons. The van der Waals surface area contributed by atoms with Gasteiger partial charge in [0.1, 0.15) is 0 Å². The number of carbonyl (C=O) groups is 1. The monoisotopic (exact) mass is 369 g/mol. The van der Waals surface area contributed by atoms with Gasteiger partial charge in [-0.1, -0.05) is 18.1 Å². The molecular formula is C22H31N3O2. The number of nitrogens with one attached hydrogen (secondary N) is 1. The van der Waals surface area contributed by atoms with Crippen LogP contribution < -0.4 is 5.32 Å². The molecule has 1 aromatic carbocycles. The van der Waals surface area contributed by atoms with Crippen molar-refractivity contribution in [2.45, 2.75) is 58.2 Å². The molecule has 2 N–H and O–H groups in total. The molecule has 1 aliphatic carbocycles. The van der Waals surface area contributed by atoms with Crippen molar-refractivity contribution in [3.63, 3.8) is 0 Å². The molecule has 4 rings (SSSR count). The van der Waals surface area contributed by atoms with Gasteiger partial charge in [-0.15, -0.1) is 0 Å². The molecule has 2 aliphatic rings. The van der Waals surface area contributed by atoms with E-state index in [9.17, 15) is 9.90 Å². The van der Waals surface area contributed by atoms with Crippen LogP contribution in [0.4, 0.5) is 0 Å². The lowest BCUT2D eigenvalue weighted by Crippen LogP contribution is -2.56. The van der Waals surface area contributed by atoms with Crippen LogP contribution >= 0.6 is 0 Å². The number of aliphatic hydroxyl groups is 1. The summed E-state index contributed by atoms with van der Waals surface area (Å²) in [5.74, 6) is -0.167. The molecule has 2 aromatic rings. The second-order valence-electron chi connectivity index (χ2n) is 8.43. The number of hydrogen-bond donors (Lipinski definition) is 2. The summed E-state index contributed by atoms with van der Waals surface area (Å²) < 4.78 is 2.24. The summed E-state index contributed by atoms with van der Waals surface area (Å²) >= 11 is 0. The van der Waals surface area contributed by atoms with Gasteiger partial charge in [-0.05, 0) is 57.4 Å². The predicted molar refractivity (Wildman–Crippen MR) is 108 cm³/mol. The molecule has 5 nitrogen and oxygen atoms in total. The topological polar surface area (TPSA) is 57.5 Å². The van der Waals surface area contributed by atoms with Crippen molar-refractivity contribution >= 4 is 16.8 Å². The zero-order valence-corrected chi connectivity index (χ0v) is 16.7. The fourth-order valence-corrected chi connectivity index (χ4v) is 4.71. The molecule has 5 heteroatoms. The molecule has 1 aliphatic heterocycles. The highest BCUT2D eigenvalue weighted by Gasteiger charge is 2.47. The van der Waals surface area contributed by atoms with E-state index in [-0.39, 0.29) is 11.8 Å². The minimum atomic E-state index is -1.33. The quantitative estimate of drug-likeness (QED) is 0.852. The third-order valence-corrected chi connectivity index (χ3v) is 6.51. The normalized spacial score (nSPS) is 20.1. The first kappa shape index (κ1) is 18.5. The van der Waals surface area contributed by atoms with Gasteiger partial charge >= 0.3 is 0 Å². The Balaban J connectivity index is 1.82. The molecule has 1 fully saturated rings. The maximum absolute atomic E-state index is 12.9. The lowest BCUT2D eigenvalue weighted by Gasteiger charge is -2.41. The van der Waals surface area contributed by atoms with Crippen LogP contribution in [0.15, 0.2) is 18.2 Å². The van der Waals surface area contributed by atoms with Crippen LogP contribution in [-0.4, -0.2) is 46.2 Å². The molecule has 1 amide bonds. The Morgan fingerprint density at radius 3 is 2.81 bits per heavy atom. The zero-order valence-electron chi connectivity index (χ0n) is 16.7.